The summed E-state index contributed by atoms with van der Waals surface area (Å²) in [6.45, 7) is 3.55. The van der Waals surface area contributed by atoms with E-state index >= 15 is 0 Å². The molecule has 1 aromatic carbocycles. The van der Waals surface area contributed by atoms with Gasteiger partial charge in [-0.1, -0.05) is 44.2 Å². The largest absolute Gasteiger partial charge is 0.480 e. The van der Waals surface area contributed by atoms with Gasteiger partial charge in [-0.3, -0.25) is 4.79 Å². The lowest BCUT2D eigenvalue weighted by molar-refractivity contribution is -0.142. The van der Waals surface area contributed by atoms with Gasteiger partial charge in [0.25, 0.3) is 5.56 Å². The van der Waals surface area contributed by atoms with Crippen molar-refractivity contribution in [2.75, 3.05) is 0 Å². The molecule has 1 atom stereocenters. The highest BCUT2D eigenvalue weighted by Crippen LogP contribution is 2.25. The van der Waals surface area contributed by atoms with Gasteiger partial charge in [-0.25, -0.2) is 14.3 Å². The summed E-state index contributed by atoms with van der Waals surface area (Å²) in [4.78, 5) is 29.0. The van der Waals surface area contributed by atoms with Crippen molar-refractivity contribution in [2.45, 2.75) is 19.9 Å². The standard InChI is InChI=1S/C20H18N4O3/c1-12(2)17(20(26)27)23-9-8-16-15(19(23)25)10-21-18-14(11-22-24(16)18)13-6-4-3-5-7-13/h3-12,17H,1-2H3,(H,26,27)/t17-/m0/s1. The van der Waals surface area contributed by atoms with Crippen LogP contribution < -0.4 is 5.56 Å². The molecule has 0 bridgehead atoms. The maximum absolute atomic E-state index is 12.9. The number of benzene rings is 1. The summed E-state index contributed by atoms with van der Waals surface area (Å²) in [5, 5.41) is 14.2. The number of aromatic nitrogens is 4. The lowest BCUT2D eigenvalue weighted by Gasteiger charge is -2.19. The Morgan fingerprint density at radius 1 is 1.11 bits per heavy atom. The average molecular weight is 362 g/mol. The highest BCUT2D eigenvalue weighted by atomic mass is 16.4. The highest BCUT2D eigenvalue weighted by molar-refractivity contribution is 5.85. The summed E-state index contributed by atoms with van der Waals surface area (Å²) in [5.41, 5.74) is 2.70. The zero-order valence-electron chi connectivity index (χ0n) is 14.9. The Morgan fingerprint density at radius 2 is 1.85 bits per heavy atom. The Bertz CT molecular complexity index is 1210. The molecule has 3 aromatic heterocycles. The summed E-state index contributed by atoms with van der Waals surface area (Å²) in [6.07, 6.45) is 4.74. The van der Waals surface area contributed by atoms with E-state index in [-0.39, 0.29) is 11.5 Å². The summed E-state index contributed by atoms with van der Waals surface area (Å²) < 4.78 is 2.87. The SMILES string of the molecule is CC(C)[C@@H](C(=O)O)n1ccc2c(cnc3c(-c4ccccc4)cnn32)c1=O. The number of carbonyl (C=O) groups is 1. The first-order valence-electron chi connectivity index (χ1n) is 8.65. The molecule has 7 heteroatoms. The molecule has 4 aromatic rings. The van der Waals surface area contributed by atoms with Crippen LogP contribution in [0.2, 0.25) is 0 Å². The van der Waals surface area contributed by atoms with Crippen LogP contribution in [-0.2, 0) is 4.79 Å². The molecule has 0 spiro atoms. The zero-order valence-corrected chi connectivity index (χ0v) is 14.9. The van der Waals surface area contributed by atoms with Crippen molar-refractivity contribution >= 4 is 22.5 Å². The van der Waals surface area contributed by atoms with Gasteiger partial charge in [0, 0.05) is 18.0 Å². The molecule has 1 N–H and O–H groups in total. The number of aliphatic carboxylic acids is 1. The van der Waals surface area contributed by atoms with Gasteiger partial charge in [0.15, 0.2) is 5.65 Å². The van der Waals surface area contributed by atoms with Crippen LogP contribution in [0.5, 0.6) is 0 Å². The molecule has 0 saturated carbocycles. The summed E-state index contributed by atoms with van der Waals surface area (Å²) >= 11 is 0. The molecule has 0 radical (unpaired) electrons. The molecule has 27 heavy (non-hydrogen) atoms. The van der Waals surface area contributed by atoms with Gasteiger partial charge in [0.2, 0.25) is 0 Å². The summed E-state index contributed by atoms with van der Waals surface area (Å²) in [7, 11) is 0. The predicted molar refractivity (Wildman–Crippen MR) is 102 cm³/mol. The average Bonchev–Trinajstić information content (AvgIpc) is 3.08. The Labute approximate surface area is 154 Å². The first-order valence-corrected chi connectivity index (χ1v) is 8.65. The first kappa shape index (κ1) is 17.0. The topological polar surface area (TPSA) is 89.5 Å². The number of carboxylic acids is 1. The number of nitrogens with zero attached hydrogens (tertiary/aromatic N) is 4. The highest BCUT2D eigenvalue weighted by Gasteiger charge is 2.25. The molecular weight excluding hydrogens is 344 g/mol. The minimum atomic E-state index is -1.04. The van der Waals surface area contributed by atoms with Crippen molar-refractivity contribution in [1.29, 1.82) is 0 Å². The fourth-order valence-electron chi connectivity index (χ4n) is 3.40. The quantitative estimate of drug-likeness (QED) is 0.603. The van der Waals surface area contributed by atoms with Crippen LogP contribution in [-0.4, -0.2) is 30.2 Å². The third-order valence-electron chi connectivity index (χ3n) is 4.69. The second-order valence-electron chi connectivity index (χ2n) is 6.77. The van der Waals surface area contributed by atoms with Gasteiger partial charge >= 0.3 is 5.97 Å². The number of hydrogen-bond acceptors (Lipinski definition) is 4. The molecule has 0 aliphatic heterocycles. The fraction of sp³-hybridized carbons (Fsp3) is 0.200. The van der Waals surface area contributed by atoms with Crippen molar-refractivity contribution in [2.24, 2.45) is 5.92 Å². The van der Waals surface area contributed by atoms with Gasteiger partial charge in [-0.05, 0) is 17.5 Å². The van der Waals surface area contributed by atoms with Crippen molar-refractivity contribution in [3.63, 3.8) is 0 Å². The second kappa shape index (κ2) is 6.35. The zero-order chi connectivity index (χ0) is 19.1. The lowest BCUT2D eigenvalue weighted by atomic mass is 10.0. The number of hydrogen-bond donors (Lipinski definition) is 1. The normalized spacial score (nSPS) is 12.7. The fourth-order valence-corrected chi connectivity index (χ4v) is 3.40. The summed E-state index contributed by atoms with van der Waals surface area (Å²) in [6, 6.07) is 10.5. The number of rotatable bonds is 4. The van der Waals surface area contributed by atoms with Crippen LogP contribution in [0.25, 0.3) is 27.7 Å². The molecule has 136 valence electrons. The van der Waals surface area contributed by atoms with E-state index in [9.17, 15) is 14.7 Å². The Morgan fingerprint density at radius 3 is 2.52 bits per heavy atom. The third kappa shape index (κ3) is 2.68. The number of fused-ring (bicyclic) bond motifs is 3. The van der Waals surface area contributed by atoms with Crippen molar-refractivity contribution in [3.05, 3.63) is 65.3 Å². The van der Waals surface area contributed by atoms with E-state index < -0.39 is 12.0 Å². The number of carboxylic acid groups (broad SMARTS) is 1. The Balaban J connectivity index is 1.95. The van der Waals surface area contributed by atoms with Crippen molar-refractivity contribution in [1.82, 2.24) is 19.2 Å². The van der Waals surface area contributed by atoms with Gasteiger partial charge < -0.3 is 9.67 Å². The van der Waals surface area contributed by atoms with E-state index in [1.54, 1.807) is 30.6 Å². The van der Waals surface area contributed by atoms with Crippen LogP contribution in [0, 0.1) is 5.92 Å². The molecule has 0 aliphatic rings. The van der Waals surface area contributed by atoms with Gasteiger partial charge in [-0.2, -0.15) is 5.10 Å². The van der Waals surface area contributed by atoms with E-state index in [4.69, 9.17) is 0 Å². The lowest BCUT2D eigenvalue weighted by Crippen LogP contribution is -2.33. The molecular formula is C20H18N4O3. The van der Waals surface area contributed by atoms with E-state index in [1.807, 2.05) is 30.3 Å². The van der Waals surface area contributed by atoms with Gasteiger partial charge in [-0.15, -0.1) is 0 Å². The van der Waals surface area contributed by atoms with E-state index in [0.717, 1.165) is 11.1 Å². The van der Waals surface area contributed by atoms with Crippen LogP contribution in [0.3, 0.4) is 0 Å². The van der Waals surface area contributed by atoms with E-state index in [2.05, 4.69) is 10.1 Å². The monoisotopic (exact) mass is 362 g/mol. The molecule has 0 amide bonds. The van der Waals surface area contributed by atoms with E-state index in [0.29, 0.717) is 16.6 Å². The number of pyridine rings is 1. The van der Waals surface area contributed by atoms with Crippen LogP contribution >= 0.6 is 0 Å². The molecule has 4 rings (SSSR count). The molecule has 3 heterocycles. The predicted octanol–water partition coefficient (Wildman–Crippen LogP) is 2.99. The maximum Gasteiger partial charge on any atom is 0.327 e. The van der Waals surface area contributed by atoms with Crippen molar-refractivity contribution in [3.8, 4) is 11.1 Å². The third-order valence-corrected chi connectivity index (χ3v) is 4.69. The van der Waals surface area contributed by atoms with Crippen LogP contribution in [0.1, 0.15) is 19.9 Å². The molecule has 0 saturated heterocycles. The molecule has 0 unspecified atom stereocenters. The minimum Gasteiger partial charge on any atom is -0.480 e. The molecule has 0 fully saturated rings. The minimum absolute atomic E-state index is 0.233. The first-order chi connectivity index (χ1) is 13.0. The second-order valence-corrected chi connectivity index (χ2v) is 6.77. The maximum atomic E-state index is 12.9. The molecule has 7 nitrogen and oxygen atoms in total. The summed E-state index contributed by atoms with van der Waals surface area (Å²) in [5.74, 6) is -1.27. The van der Waals surface area contributed by atoms with Crippen molar-refractivity contribution < 1.29 is 9.90 Å². The Hall–Kier alpha value is -3.48. The Kier molecular flexibility index (Phi) is 3.99. The van der Waals surface area contributed by atoms with Crippen LogP contribution in [0.4, 0.5) is 0 Å². The van der Waals surface area contributed by atoms with Crippen LogP contribution in [0.15, 0.2) is 59.8 Å². The van der Waals surface area contributed by atoms with Gasteiger partial charge in [0.1, 0.15) is 6.04 Å². The molecule has 0 aliphatic carbocycles. The van der Waals surface area contributed by atoms with Gasteiger partial charge in [0.05, 0.1) is 17.1 Å². The smallest absolute Gasteiger partial charge is 0.327 e. The van der Waals surface area contributed by atoms with E-state index in [1.165, 1.54) is 17.0 Å².